The largest absolute Gasteiger partial charge is 0.394 e. The maximum atomic E-state index is 11.2. The molecule has 0 radical (unpaired) electrons. The predicted octanol–water partition coefficient (Wildman–Crippen LogP) is -1.32. The molecule has 0 heterocycles. The fraction of sp³-hybridized carbons (Fsp3) is 0.750. The summed E-state index contributed by atoms with van der Waals surface area (Å²) in [5.41, 5.74) is 4.47. The van der Waals surface area contributed by atoms with Crippen molar-refractivity contribution >= 4 is 11.9 Å². The van der Waals surface area contributed by atoms with E-state index >= 15 is 0 Å². The van der Waals surface area contributed by atoms with Gasteiger partial charge in [0.1, 0.15) is 0 Å². The SMILES string of the molecule is CC(NC1(CO)CC1)C(=O)NC(N)=O. The Morgan fingerprint density at radius 1 is 1.57 bits per heavy atom. The van der Waals surface area contributed by atoms with Gasteiger partial charge >= 0.3 is 6.03 Å². The summed E-state index contributed by atoms with van der Waals surface area (Å²) in [7, 11) is 0. The number of rotatable bonds is 4. The molecule has 0 aromatic rings. The zero-order valence-electron chi connectivity index (χ0n) is 8.04. The van der Waals surface area contributed by atoms with Crippen LogP contribution in [0, 0.1) is 0 Å². The van der Waals surface area contributed by atoms with Crippen LogP contribution >= 0.6 is 0 Å². The van der Waals surface area contributed by atoms with Crippen LogP contribution in [0.3, 0.4) is 0 Å². The van der Waals surface area contributed by atoms with Crippen LogP contribution in [-0.2, 0) is 4.79 Å². The molecule has 3 amide bonds. The van der Waals surface area contributed by atoms with E-state index in [0.717, 1.165) is 12.8 Å². The Hall–Kier alpha value is -1.14. The Morgan fingerprint density at radius 3 is 2.50 bits per heavy atom. The summed E-state index contributed by atoms with van der Waals surface area (Å²) in [6.45, 7) is 1.62. The first kappa shape index (κ1) is 10.9. The average Bonchev–Trinajstić information content (AvgIpc) is 2.84. The van der Waals surface area contributed by atoms with Crippen LogP contribution in [0.5, 0.6) is 0 Å². The van der Waals surface area contributed by atoms with E-state index in [-0.39, 0.29) is 12.1 Å². The minimum Gasteiger partial charge on any atom is -0.394 e. The maximum absolute atomic E-state index is 11.2. The van der Waals surface area contributed by atoms with Crippen molar-refractivity contribution in [3.63, 3.8) is 0 Å². The Balaban J connectivity index is 2.37. The van der Waals surface area contributed by atoms with E-state index in [2.05, 4.69) is 5.32 Å². The molecule has 1 aliphatic rings. The van der Waals surface area contributed by atoms with Gasteiger partial charge < -0.3 is 10.8 Å². The van der Waals surface area contributed by atoms with E-state index in [0.29, 0.717) is 0 Å². The monoisotopic (exact) mass is 201 g/mol. The van der Waals surface area contributed by atoms with E-state index in [1.165, 1.54) is 0 Å². The molecule has 80 valence electrons. The zero-order chi connectivity index (χ0) is 10.8. The van der Waals surface area contributed by atoms with Gasteiger partial charge in [-0.1, -0.05) is 0 Å². The van der Waals surface area contributed by atoms with Gasteiger partial charge in [0.2, 0.25) is 5.91 Å². The fourth-order valence-electron chi connectivity index (χ4n) is 1.25. The molecule has 6 heteroatoms. The van der Waals surface area contributed by atoms with E-state index in [9.17, 15) is 9.59 Å². The molecule has 1 rings (SSSR count). The standard InChI is InChI=1S/C8H15N3O3/c1-5(6(13)10-7(9)14)11-8(4-12)2-3-8/h5,11-12H,2-4H2,1H3,(H3,9,10,13,14). The first-order chi connectivity index (χ1) is 6.49. The van der Waals surface area contributed by atoms with Crippen molar-refractivity contribution in [1.82, 2.24) is 10.6 Å². The highest BCUT2D eigenvalue weighted by molar-refractivity contribution is 5.96. The van der Waals surface area contributed by atoms with Crippen LogP contribution in [0.1, 0.15) is 19.8 Å². The Morgan fingerprint density at radius 2 is 2.14 bits per heavy atom. The molecule has 0 spiro atoms. The Bertz CT molecular complexity index is 250. The summed E-state index contributed by atoms with van der Waals surface area (Å²) >= 11 is 0. The summed E-state index contributed by atoms with van der Waals surface area (Å²) < 4.78 is 0. The highest BCUT2D eigenvalue weighted by Crippen LogP contribution is 2.34. The predicted molar refractivity (Wildman–Crippen MR) is 49.4 cm³/mol. The number of carbonyl (C=O) groups is 2. The van der Waals surface area contributed by atoms with Gasteiger partial charge in [-0.15, -0.1) is 0 Å². The van der Waals surface area contributed by atoms with Crippen molar-refractivity contribution in [1.29, 1.82) is 0 Å². The van der Waals surface area contributed by atoms with Gasteiger partial charge in [-0.2, -0.15) is 0 Å². The summed E-state index contributed by atoms with van der Waals surface area (Å²) in [6.07, 6.45) is 1.69. The molecular formula is C8H15N3O3. The first-order valence-electron chi connectivity index (χ1n) is 4.48. The molecule has 0 aromatic heterocycles. The van der Waals surface area contributed by atoms with Gasteiger partial charge in [0.15, 0.2) is 0 Å². The second-order valence-electron chi connectivity index (χ2n) is 3.66. The number of aliphatic hydroxyl groups is 1. The molecule has 1 fully saturated rings. The third-order valence-corrected chi connectivity index (χ3v) is 2.32. The summed E-state index contributed by atoms with van der Waals surface area (Å²) in [4.78, 5) is 21.6. The maximum Gasteiger partial charge on any atom is 0.318 e. The Labute approximate surface area is 81.8 Å². The average molecular weight is 201 g/mol. The van der Waals surface area contributed by atoms with Crippen LogP contribution in [-0.4, -0.2) is 35.2 Å². The number of primary amides is 1. The lowest BCUT2D eigenvalue weighted by Gasteiger charge is -2.19. The second-order valence-corrected chi connectivity index (χ2v) is 3.66. The molecule has 1 saturated carbocycles. The van der Waals surface area contributed by atoms with Gasteiger partial charge in [-0.05, 0) is 19.8 Å². The van der Waals surface area contributed by atoms with Crippen molar-refractivity contribution in [3.8, 4) is 0 Å². The molecule has 1 atom stereocenters. The van der Waals surface area contributed by atoms with Crippen LogP contribution < -0.4 is 16.4 Å². The molecule has 0 bridgehead atoms. The third-order valence-electron chi connectivity index (χ3n) is 2.32. The number of carbonyl (C=O) groups excluding carboxylic acids is 2. The van der Waals surface area contributed by atoms with Gasteiger partial charge in [-0.25, -0.2) is 4.79 Å². The van der Waals surface area contributed by atoms with Crippen LogP contribution in [0.2, 0.25) is 0 Å². The smallest absolute Gasteiger partial charge is 0.318 e. The number of nitrogens with two attached hydrogens (primary N) is 1. The molecule has 5 N–H and O–H groups in total. The normalized spacial score (nSPS) is 19.9. The Kier molecular flexibility index (Phi) is 3.07. The van der Waals surface area contributed by atoms with Crippen LogP contribution in [0.25, 0.3) is 0 Å². The van der Waals surface area contributed by atoms with Crippen molar-refractivity contribution < 1.29 is 14.7 Å². The number of nitrogens with one attached hydrogen (secondary N) is 2. The van der Waals surface area contributed by atoms with Crippen molar-refractivity contribution in [2.75, 3.05) is 6.61 Å². The van der Waals surface area contributed by atoms with Crippen LogP contribution in [0.15, 0.2) is 0 Å². The molecule has 6 nitrogen and oxygen atoms in total. The van der Waals surface area contributed by atoms with Crippen molar-refractivity contribution in [3.05, 3.63) is 0 Å². The summed E-state index contributed by atoms with van der Waals surface area (Å²) in [6, 6.07) is -1.39. The van der Waals surface area contributed by atoms with E-state index in [4.69, 9.17) is 10.8 Å². The number of aliphatic hydroxyl groups excluding tert-OH is 1. The molecule has 1 unspecified atom stereocenters. The second kappa shape index (κ2) is 3.93. The number of hydrogen-bond acceptors (Lipinski definition) is 4. The minimum absolute atomic E-state index is 0.00118. The van der Waals surface area contributed by atoms with Crippen molar-refractivity contribution in [2.45, 2.75) is 31.3 Å². The zero-order valence-corrected chi connectivity index (χ0v) is 8.04. The first-order valence-corrected chi connectivity index (χ1v) is 4.48. The van der Waals surface area contributed by atoms with Gasteiger partial charge in [0, 0.05) is 5.54 Å². The van der Waals surface area contributed by atoms with Gasteiger partial charge in [0.05, 0.1) is 12.6 Å². The van der Waals surface area contributed by atoms with E-state index in [1.807, 2.05) is 5.32 Å². The number of hydrogen-bond donors (Lipinski definition) is 4. The lowest BCUT2D eigenvalue weighted by Crippen LogP contribution is -2.51. The number of urea groups is 1. The highest BCUT2D eigenvalue weighted by atomic mass is 16.3. The van der Waals surface area contributed by atoms with Gasteiger partial charge in [-0.3, -0.25) is 15.4 Å². The quantitative estimate of drug-likeness (QED) is 0.453. The molecule has 1 aliphatic carbocycles. The third kappa shape index (κ3) is 2.68. The molecule has 0 aliphatic heterocycles. The topological polar surface area (TPSA) is 104 Å². The fourth-order valence-corrected chi connectivity index (χ4v) is 1.25. The molecule has 0 aromatic carbocycles. The number of amides is 3. The number of imide groups is 1. The van der Waals surface area contributed by atoms with Gasteiger partial charge in [0.25, 0.3) is 0 Å². The summed E-state index contributed by atoms with van der Waals surface area (Å²) in [5, 5.41) is 13.9. The molecular weight excluding hydrogens is 186 g/mol. The lowest BCUT2D eigenvalue weighted by molar-refractivity contribution is -0.121. The van der Waals surface area contributed by atoms with Crippen LogP contribution in [0.4, 0.5) is 4.79 Å². The highest BCUT2D eigenvalue weighted by Gasteiger charge is 2.43. The van der Waals surface area contributed by atoms with E-state index in [1.54, 1.807) is 6.92 Å². The van der Waals surface area contributed by atoms with Crippen molar-refractivity contribution in [2.24, 2.45) is 5.73 Å². The molecule has 14 heavy (non-hydrogen) atoms. The van der Waals surface area contributed by atoms with E-state index < -0.39 is 18.0 Å². The lowest BCUT2D eigenvalue weighted by atomic mass is 10.2. The summed E-state index contributed by atoms with van der Waals surface area (Å²) in [5.74, 6) is -0.475. The minimum atomic E-state index is -0.863. The molecule has 0 saturated heterocycles.